The average molecular weight is 571 g/mol. The highest BCUT2D eigenvalue weighted by Crippen LogP contribution is 2.39. The van der Waals surface area contributed by atoms with Crippen LogP contribution in [0.25, 0.3) is 0 Å². The second kappa shape index (κ2) is 11.1. The fraction of sp³-hybridized carbons (Fsp3) is 0.292. The van der Waals surface area contributed by atoms with E-state index in [-0.39, 0.29) is 32.7 Å². The van der Waals surface area contributed by atoms with E-state index < -0.39 is 50.5 Å². The maximum Gasteiger partial charge on any atom is 0.309 e. The van der Waals surface area contributed by atoms with Crippen molar-refractivity contribution in [1.82, 2.24) is 4.98 Å². The van der Waals surface area contributed by atoms with E-state index in [0.717, 1.165) is 36.3 Å². The summed E-state index contributed by atoms with van der Waals surface area (Å²) in [5.41, 5.74) is 0.0741. The second-order valence-electron chi connectivity index (χ2n) is 8.39. The zero-order valence-electron chi connectivity index (χ0n) is 19.1. The van der Waals surface area contributed by atoms with Gasteiger partial charge in [0, 0.05) is 17.0 Å². The number of rotatable bonds is 9. The molecule has 0 bridgehead atoms. The maximum absolute atomic E-state index is 14.5. The highest BCUT2D eigenvalue weighted by Gasteiger charge is 2.38. The molecule has 3 aromatic rings. The molecule has 0 spiro atoms. The van der Waals surface area contributed by atoms with Crippen LogP contribution in [0.5, 0.6) is 5.75 Å². The van der Waals surface area contributed by atoms with Crippen LogP contribution >= 0.6 is 22.9 Å². The largest absolute Gasteiger partial charge is 0.481 e. The molecule has 1 saturated carbocycles. The van der Waals surface area contributed by atoms with Crippen LogP contribution in [0.15, 0.2) is 46.7 Å². The number of carboxylic acids is 1. The van der Waals surface area contributed by atoms with Crippen LogP contribution in [0.1, 0.15) is 43.0 Å². The van der Waals surface area contributed by atoms with Gasteiger partial charge in [-0.3, -0.25) is 14.9 Å². The van der Waals surface area contributed by atoms with Gasteiger partial charge in [-0.2, -0.15) is 0 Å². The van der Waals surface area contributed by atoms with Gasteiger partial charge in [0.1, 0.15) is 5.82 Å². The molecule has 1 atom stereocenters. The Morgan fingerprint density at radius 2 is 1.95 bits per heavy atom. The summed E-state index contributed by atoms with van der Waals surface area (Å²) in [5.74, 6) is -4.48. The second-order valence-corrected chi connectivity index (χ2v) is 11.8. The Kier molecular flexibility index (Phi) is 8.10. The highest BCUT2D eigenvalue weighted by atomic mass is 35.5. The van der Waals surface area contributed by atoms with Gasteiger partial charge in [-0.1, -0.05) is 36.6 Å². The highest BCUT2D eigenvalue weighted by molar-refractivity contribution is 7.92. The van der Waals surface area contributed by atoms with Crippen molar-refractivity contribution in [2.24, 2.45) is 0 Å². The Morgan fingerprint density at radius 3 is 2.62 bits per heavy atom. The molecule has 1 aliphatic rings. The number of carboxylic acid groups (broad SMARTS) is 1. The number of thiazole rings is 1. The number of nitrogens with one attached hydrogen (secondary N) is 1. The molecule has 8 nitrogen and oxygen atoms in total. The van der Waals surface area contributed by atoms with Gasteiger partial charge in [0.2, 0.25) is 6.10 Å². The SMILES string of the molecule is O=C(O)Cc1csc(NC(=O)C(Oc2ccc(F)cc2F)c2cccc(Cl)c2S(=O)(=O)C2CCCC2)n1. The molecule has 1 heterocycles. The molecule has 13 heteroatoms. The van der Waals surface area contributed by atoms with Crippen LogP contribution in [0.4, 0.5) is 13.9 Å². The van der Waals surface area contributed by atoms with Gasteiger partial charge in [-0.25, -0.2) is 22.2 Å². The molecule has 1 aromatic heterocycles. The van der Waals surface area contributed by atoms with E-state index in [1.165, 1.54) is 23.6 Å². The first kappa shape index (κ1) is 27.0. The van der Waals surface area contributed by atoms with Crippen molar-refractivity contribution in [2.45, 2.75) is 48.4 Å². The maximum atomic E-state index is 14.5. The minimum atomic E-state index is -3.99. The summed E-state index contributed by atoms with van der Waals surface area (Å²) in [4.78, 5) is 28.1. The number of aliphatic carboxylic acids is 1. The quantitative estimate of drug-likeness (QED) is 0.363. The van der Waals surface area contributed by atoms with Crippen molar-refractivity contribution in [2.75, 3.05) is 5.32 Å². The Labute approximate surface area is 220 Å². The van der Waals surface area contributed by atoms with E-state index in [9.17, 15) is 26.8 Å². The molecular formula is C24H21ClF2N2O6S2. The fourth-order valence-electron chi connectivity index (χ4n) is 4.12. The monoisotopic (exact) mass is 570 g/mol. The number of benzene rings is 2. The lowest BCUT2D eigenvalue weighted by molar-refractivity contribution is -0.136. The Balaban J connectivity index is 1.77. The molecule has 1 fully saturated rings. The summed E-state index contributed by atoms with van der Waals surface area (Å²) in [7, 11) is -3.99. The van der Waals surface area contributed by atoms with Crippen LogP contribution in [0.3, 0.4) is 0 Å². The van der Waals surface area contributed by atoms with E-state index >= 15 is 0 Å². The minimum absolute atomic E-state index is 0.0247. The van der Waals surface area contributed by atoms with Crippen LogP contribution in [-0.4, -0.2) is 35.6 Å². The van der Waals surface area contributed by atoms with Gasteiger partial charge in [-0.15, -0.1) is 11.3 Å². The Hall–Kier alpha value is -3.09. The third kappa shape index (κ3) is 6.08. The first-order valence-electron chi connectivity index (χ1n) is 11.2. The van der Waals surface area contributed by atoms with Crippen LogP contribution in [0.2, 0.25) is 5.02 Å². The van der Waals surface area contributed by atoms with E-state index in [2.05, 4.69) is 10.3 Å². The Bertz CT molecular complexity index is 1440. The number of carbonyl (C=O) groups excluding carboxylic acids is 1. The number of hydrogen-bond acceptors (Lipinski definition) is 7. The van der Waals surface area contributed by atoms with Gasteiger partial charge >= 0.3 is 5.97 Å². The molecule has 0 saturated heterocycles. The predicted octanol–water partition coefficient (Wildman–Crippen LogP) is 5.18. The third-order valence-corrected chi connectivity index (χ3v) is 9.40. The molecule has 0 radical (unpaired) electrons. The lowest BCUT2D eigenvalue weighted by atomic mass is 10.1. The summed E-state index contributed by atoms with van der Waals surface area (Å²) in [6.45, 7) is 0. The molecule has 2 N–H and O–H groups in total. The van der Waals surface area contributed by atoms with Crippen molar-refractivity contribution >= 4 is 49.8 Å². The molecule has 37 heavy (non-hydrogen) atoms. The van der Waals surface area contributed by atoms with Crippen molar-refractivity contribution in [3.63, 3.8) is 0 Å². The van der Waals surface area contributed by atoms with E-state index in [0.29, 0.717) is 18.9 Å². The zero-order valence-corrected chi connectivity index (χ0v) is 21.5. The molecule has 196 valence electrons. The number of amides is 1. The normalized spacial score (nSPS) is 14.9. The number of ether oxygens (including phenoxy) is 1. The van der Waals surface area contributed by atoms with Gasteiger partial charge in [0.05, 0.1) is 27.3 Å². The van der Waals surface area contributed by atoms with Crippen molar-refractivity contribution < 1.29 is 36.6 Å². The zero-order chi connectivity index (χ0) is 26.7. The molecule has 0 aliphatic heterocycles. The lowest BCUT2D eigenvalue weighted by Crippen LogP contribution is -2.29. The summed E-state index contributed by atoms with van der Waals surface area (Å²) >= 11 is 7.30. The third-order valence-electron chi connectivity index (χ3n) is 5.80. The summed E-state index contributed by atoms with van der Waals surface area (Å²) in [6.07, 6.45) is 0.231. The standard InChI is InChI=1S/C24H21ClF2N2O6S2/c25-17-7-3-6-16(22(17)37(33,34)15-4-1-2-5-15)21(35-19-9-8-13(26)10-18(19)27)23(32)29-24-28-14(12-36-24)11-20(30)31/h3,6-10,12,15,21H,1-2,4-5,11H2,(H,30,31)(H,28,29,32). The molecule has 2 aromatic carbocycles. The fourth-order valence-corrected chi connectivity index (χ4v) is 7.47. The first-order valence-corrected chi connectivity index (χ1v) is 14.0. The number of hydrogen-bond donors (Lipinski definition) is 2. The lowest BCUT2D eigenvalue weighted by Gasteiger charge is -2.23. The van der Waals surface area contributed by atoms with Crippen molar-refractivity contribution in [3.05, 3.63) is 69.7 Å². The van der Waals surface area contributed by atoms with Gasteiger partial charge in [0.25, 0.3) is 5.91 Å². The van der Waals surface area contributed by atoms with Gasteiger partial charge < -0.3 is 9.84 Å². The number of aromatic nitrogens is 1. The number of halogens is 3. The van der Waals surface area contributed by atoms with Crippen molar-refractivity contribution in [1.29, 1.82) is 0 Å². The van der Waals surface area contributed by atoms with Gasteiger partial charge in [0.15, 0.2) is 26.5 Å². The molecule has 1 amide bonds. The molecule has 1 unspecified atom stereocenters. The van der Waals surface area contributed by atoms with Gasteiger partial charge in [-0.05, 0) is 31.0 Å². The molecular weight excluding hydrogens is 550 g/mol. The van der Waals surface area contributed by atoms with Crippen molar-refractivity contribution in [3.8, 4) is 5.75 Å². The Morgan fingerprint density at radius 1 is 1.22 bits per heavy atom. The number of sulfone groups is 1. The summed E-state index contributed by atoms with van der Waals surface area (Å²) in [5, 5.41) is 12.1. The summed E-state index contributed by atoms with van der Waals surface area (Å²) < 4.78 is 60.8. The number of anilines is 1. The van der Waals surface area contributed by atoms with Crippen LogP contribution in [0, 0.1) is 11.6 Å². The molecule has 4 rings (SSSR count). The van der Waals surface area contributed by atoms with Crippen LogP contribution < -0.4 is 10.1 Å². The summed E-state index contributed by atoms with van der Waals surface area (Å²) in [6, 6.07) is 6.63. The van der Waals surface area contributed by atoms with E-state index in [1.54, 1.807) is 0 Å². The van der Waals surface area contributed by atoms with E-state index in [1.807, 2.05) is 0 Å². The molecule has 1 aliphatic carbocycles. The van der Waals surface area contributed by atoms with Crippen LogP contribution in [-0.2, 0) is 25.8 Å². The average Bonchev–Trinajstić information content (AvgIpc) is 3.51. The topological polar surface area (TPSA) is 123 Å². The number of carbonyl (C=O) groups is 2. The predicted molar refractivity (Wildman–Crippen MR) is 133 cm³/mol. The van der Waals surface area contributed by atoms with E-state index in [4.69, 9.17) is 21.4 Å². The first-order chi connectivity index (χ1) is 17.6. The smallest absolute Gasteiger partial charge is 0.309 e. The number of nitrogens with zero attached hydrogens (tertiary/aromatic N) is 1. The minimum Gasteiger partial charge on any atom is -0.481 e.